The van der Waals surface area contributed by atoms with Gasteiger partial charge in [0, 0.05) is 46.3 Å². The van der Waals surface area contributed by atoms with Crippen LogP contribution < -0.4 is 5.32 Å². The van der Waals surface area contributed by atoms with Gasteiger partial charge < -0.3 is 10.2 Å². The van der Waals surface area contributed by atoms with Crippen LogP contribution in [0.4, 0.5) is 0 Å². The second kappa shape index (κ2) is 7.59. The van der Waals surface area contributed by atoms with E-state index in [0.29, 0.717) is 19.6 Å². The van der Waals surface area contributed by atoms with E-state index < -0.39 is 15.9 Å². The molecule has 132 valence electrons. The molecular formula is C14H26N4O4S. The lowest BCUT2D eigenvalue weighted by Crippen LogP contribution is -2.43. The standard InChI is InChI=1S/C14H26N4O4S/c1-15-14(20)12-9-16(7-8-18(10-12)23(2,21)22)11-13(19)17-5-3-4-6-17/h12H,3-11H2,1-2H3,(H,15,20). The first-order chi connectivity index (χ1) is 10.8. The summed E-state index contributed by atoms with van der Waals surface area (Å²) in [4.78, 5) is 28.1. The van der Waals surface area contributed by atoms with E-state index in [1.807, 2.05) is 9.80 Å². The number of likely N-dealkylation sites (tertiary alicyclic amines) is 1. The van der Waals surface area contributed by atoms with Gasteiger partial charge >= 0.3 is 0 Å². The monoisotopic (exact) mass is 346 g/mol. The molecule has 2 aliphatic heterocycles. The van der Waals surface area contributed by atoms with E-state index in [4.69, 9.17) is 0 Å². The summed E-state index contributed by atoms with van der Waals surface area (Å²) in [6.45, 7) is 3.14. The number of nitrogens with one attached hydrogen (secondary N) is 1. The highest BCUT2D eigenvalue weighted by Gasteiger charge is 2.32. The molecule has 0 radical (unpaired) electrons. The molecule has 2 heterocycles. The highest BCUT2D eigenvalue weighted by molar-refractivity contribution is 7.88. The molecule has 0 bridgehead atoms. The lowest BCUT2D eigenvalue weighted by Gasteiger charge is -2.25. The molecular weight excluding hydrogens is 320 g/mol. The molecule has 1 N–H and O–H groups in total. The third kappa shape index (κ3) is 4.89. The Morgan fingerprint density at radius 2 is 1.74 bits per heavy atom. The minimum absolute atomic E-state index is 0.0611. The van der Waals surface area contributed by atoms with Crippen molar-refractivity contribution in [1.82, 2.24) is 19.4 Å². The summed E-state index contributed by atoms with van der Waals surface area (Å²) >= 11 is 0. The zero-order chi connectivity index (χ0) is 17.0. The average Bonchev–Trinajstić information content (AvgIpc) is 2.93. The fourth-order valence-corrected chi connectivity index (χ4v) is 3.99. The van der Waals surface area contributed by atoms with Gasteiger partial charge in [0.25, 0.3) is 0 Å². The van der Waals surface area contributed by atoms with Crippen LogP contribution in [0.3, 0.4) is 0 Å². The molecule has 0 spiro atoms. The van der Waals surface area contributed by atoms with E-state index in [0.717, 1.165) is 32.2 Å². The molecule has 2 saturated heterocycles. The van der Waals surface area contributed by atoms with Crippen molar-refractivity contribution in [2.75, 3.05) is 59.1 Å². The van der Waals surface area contributed by atoms with Gasteiger partial charge in [0.15, 0.2) is 0 Å². The van der Waals surface area contributed by atoms with Crippen molar-refractivity contribution in [3.05, 3.63) is 0 Å². The summed E-state index contributed by atoms with van der Waals surface area (Å²) in [5.74, 6) is -0.603. The molecule has 9 heteroatoms. The smallest absolute Gasteiger partial charge is 0.236 e. The number of sulfonamides is 1. The van der Waals surface area contributed by atoms with Crippen LogP contribution in [0.25, 0.3) is 0 Å². The summed E-state index contributed by atoms with van der Waals surface area (Å²) in [6.07, 6.45) is 3.22. The first-order valence-corrected chi connectivity index (χ1v) is 9.83. The van der Waals surface area contributed by atoms with Gasteiger partial charge in [0.1, 0.15) is 0 Å². The van der Waals surface area contributed by atoms with E-state index in [1.165, 1.54) is 11.4 Å². The van der Waals surface area contributed by atoms with Crippen molar-refractivity contribution in [2.24, 2.45) is 5.92 Å². The Balaban J connectivity index is 2.05. The van der Waals surface area contributed by atoms with Crippen LogP contribution in [0.5, 0.6) is 0 Å². The van der Waals surface area contributed by atoms with E-state index in [1.54, 1.807) is 0 Å². The van der Waals surface area contributed by atoms with Gasteiger partial charge in [-0.1, -0.05) is 0 Å². The Kier molecular flexibility index (Phi) is 5.99. The minimum atomic E-state index is -3.36. The highest BCUT2D eigenvalue weighted by atomic mass is 32.2. The summed E-state index contributed by atoms with van der Waals surface area (Å²) in [5.41, 5.74) is 0. The Morgan fingerprint density at radius 1 is 1.09 bits per heavy atom. The van der Waals surface area contributed by atoms with Crippen LogP contribution >= 0.6 is 0 Å². The lowest BCUT2D eigenvalue weighted by atomic mass is 10.1. The molecule has 0 aromatic heterocycles. The Hall–Kier alpha value is -1.19. The summed E-state index contributed by atoms with van der Waals surface area (Å²) in [7, 11) is -1.82. The molecule has 2 aliphatic rings. The van der Waals surface area contributed by atoms with Crippen molar-refractivity contribution in [1.29, 1.82) is 0 Å². The van der Waals surface area contributed by atoms with E-state index in [9.17, 15) is 18.0 Å². The molecule has 2 fully saturated rings. The van der Waals surface area contributed by atoms with Gasteiger partial charge in [-0.05, 0) is 12.8 Å². The maximum atomic E-state index is 12.3. The molecule has 0 saturated carbocycles. The summed E-state index contributed by atoms with van der Waals surface area (Å²) in [6, 6.07) is 0. The van der Waals surface area contributed by atoms with Gasteiger partial charge in [-0.3, -0.25) is 14.5 Å². The maximum absolute atomic E-state index is 12.3. The van der Waals surface area contributed by atoms with E-state index in [2.05, 4.69) is 5.32 Å². The Labute approximate surface area is 137 Å². The third-order valence-corrected chi connectivity index (χ3v) is 5.74. The number of rotatable bonds is 4. The number of hydrogen-bond acceptors (Lipinski definition) is 5. The zero-order valence-corrected chi connectivity index (χ0v) is 14.6. The van der Waals surface area contributed by atoms with Crippen molar-refractivity contribution >= 4 is 21.8 Å². The normalized spacial score (nSPS) is 24.4. The topological polar surface area (TPSA) is 90.0 Å². The van der Waals surface area contributed by atoms with Gasteiger partial charge in [-0.15, -0.1) is 0 Å². The fraction of sp³-hybridized carbons (Fsp3) is 0.857. The predicted octanol–water partition coefficient (Wildman–Crippen LogP) is -1.45. The predicted molar refractivity (Wildman–Crippen MR) is 86.2 cm³/mol. The molecule has 1 atom stereocenters. The average molecular weight is 346 g/mol. The van der Waals surface area contributed by atoms with Crippen molar-refractivity contribution in [2.45, 2.75) is 12.8 Å². The van der Waals surface area contributed by atoms with E-state index >= 15 is 0 Å². The second-order valence-corrected chi connectivity index (χ2v) is 8.24. The molecule has 2 rings (SSSR count). The molecule has 23 heavy (non-hydrogen) atoms. The number of carbonyl (C=O) groups excluding carboxylic acids is 2. The number of nitrogens with zero attached hydrogens (tertiary/aromatic N) is 3. The first kappa shape index (κ1) is 18.2. The van der Waals surface area contributed by atoms with Crippen molar-refractivity contribution < 1.29 is 18.0 Å². The number of hydrogen-bond donors (Lipinski definition) is 1. The molecule has 0 aromatic carbocycles. The molecule has 1 unspecified atom stereocenters. The minimum Gasteiger partial charge on any atom is -0.359 e. The van der Waals surface area contributed by atoms with Crippen LogP contribution in [0, 0.1) is 5.92 Å². The largest absolute Gasteiger partial charge is 0.359 e. The van der Waals surface area contributed by atoms with E-state index in [-0.39, 0.29) is 24.9 Å². The third-order valence-electron chi connectivity index (χ3n) is 4.47. The Bertz CT molecular complexity index is 545. The number of amides is 2. The maximum Gasteiger partial charge on any atom is 0.236 e. The fourth-order valence-electron chi connectivity index (χ4n) is 3.12. The lowest BCUT2D eigenvalue weighted by molar-refractivity contribution is -0.132. The van der Waals surface area contributed by atoms with Gasteiger partial charge in [0.2, 0.25) is 21.8 Å². The quantitative estimate of drug-likeness (QED) is 0.673. The summed E-state index contributed by atoms with van der Waals surface area (Å²) in [5, 5.41) is 2.58. The molecule has 0 aromatic rings. The SMILES string of the molecule is CNC(=O)C1CN(CC(=O)N2CCCC2)CCN(S(C)(=O)=O)C1. The Morgan fingerprint density at radius 3 is 2.30 bits per heavy atom. The van der Waals surface area contributed by atoms with Crippen LogP contribution in [-0.2, 0) is 19.6 Å². The van der Waals surface area contributed by atoms with Crippen LogP contribution in [0.1, 0.15) is 12.8 Å². The van der Waals surface area contributed by atoms with Crippen molar-refractivity contribution in [3.63, 3.8) is 0 Å². The van der Waals surface area contributed by atoms with Gasteiger partial charge in [-0.2, -0.15) is 0 Å². The summed E-state index contributed by atoms with van der Waals surface area (Å²) < 4.78 is 25.0. The van der Waals surface area contributed by atoms with Gasteiger partial charge in [-0.25, -0.2) is 12.7 Å². The van der Waals surface area contributed by atoms with Crippen LogP contribution in [0.2, 0.25) is 0 Å². The zero-order valence-electron chi connectivity index (χ0n) is 13.8. The molecule has 2 amide bonds. The van der Waals surface area contributed by atoms with Crippen LogP contribution in [0.15, 0.2) is 0 Å². The van der Waals surface area contributed by atoms with Crippen LogP contribution in [-0.4, -0.2) is 93.5 Å². The second-order valence-electron chi connectivity index (χ2n) is 6.26. The first-order valence-electron chi connectivity index (χ1n) is 7.98. The van der Waals surface area contributed by atoms with Crippen molar-refractivity contribution in [3.8, 4) is 0 Å². The molecule has 8 nitrogen and oxygen atoms in total. The molecule has 0 aliphatic carbocycles. The van der Waals surface area contributed by atoms with Gasteiger partial charge in [0.05, 0.1) is 18.7 Å². The highest BCUT2D eigenvalue weighted by Crippen LogP contribution is 2.14. The number of carbonyl (C=O) groups is 2.